The molecule has 4 aliphatic carbocycles. The maximum absolute atomic E-state index is 13.7. The number of Topliss-reactive ketones (excluding diaryl/α,β-unsaturated/α-hetero) is 1. The zero-order chi connectivity index (χ0) is 24.6. The lowest BCUT2D eigenvalue weighted by atomic mass is 9.41. The van der Waals surface area contributed by atoms with Crippen molar-refractivity contribution in [2.24, 2.45) is 45.3 Å². The topological polar surface area (TPSA) is 54.4 Å². The zero-order valence-electron chi connectivity index (χ0n) is 22.3. The van der Waals surface area contributed by atoms with E-state index in [1.165, 1.54) is 18.4 Å². The molecule has 0 spiro atoms. The average molecular weight is 455 g/mol. The molecule has 3 fully saturated rings. The Bertz CT molecular complexity index is 902. The van der Waals surface area contributed by atoms with Crippen LogP contribution < -0.4 is 0 Å². The summed E-state index contributed by atoms with van der Waals surface area (Å²) in [5, 5.41) is 10.1. The lowest BCUT2D eigenvalue weighted by Crippen LogP contribution is -2.59. The second kappa shape index (κ2) is 7.64. The van der Waals surface area contributed by atoms with Gasteiger partial charge in [0.25, 0.3) is 0 Å². The summed E-state index contributed by atoms with van der Waals surface area (Å²) in [5.41, 5.74) is 0.201. The summed E-state index contributed by atoms with van der Waals surface area (Å²) in [5.74, 6) is 1.85. The second-order valence-electron chi connectivity index (χ2n) is 13.8. The summed E-state index contributed by atoms with van der Waals surface area (Å²) in [4.78, 5) is 26.5. The first-order chi connectivity index (χ1) is 15.1. The Kier molecular flexibility index (Phi) is 5.76. The molecule has 184 valence electrons. The minimum atomic E-state index is -0.764. The molecule has 3 saturated carbocycles. The molecule has 3 nitrogen and oxygen atoms in total. The third kappa shape index (κ3) is 3.55. The van der Waals surface area contributed by atoms with Gasteiger partial charge in [-0.25, -0.2) is 0 Å². The maximum Gasteiger partial charge on any atom is 0.160 e. The molecule has 0 aromatic heterocycles. The molecule has 4 aliphatic rings. The van der Waals surface area contributed by atoms with E-state index in [9.17, 15) is 14.7 Å². The summed E-state index contributed by atoms with van der Waals surface area (Å²) in [7, 11) is 0. The van der Waals surface area contributed by atoms with Gasteiger partial charge in [0.1, 0.15) is 5.78 Å². The van der Waals surface area contributed by atoms with E-state index in [1.54, 1.807) is 0 Å². The number of fused-ring (bicyclic) bond motifs is 5. The summed E-state index contributed by atoms with van der Waals surface area (Å²) in [6.07, 6.45) is 13.2. The van der Waals surface area contributed by atoms with Crippen LogP contribution in [0.25, 0.3) is 0 Å². The fraction of sp³-hybridized carbons (Fsp3) is 0.800. The first-order valence-electron chi connectivity index (χ1n) is 13.3. The predicted molar refractivity (Wildman–Crippen MR) is 134 cm³/mol. The number of allylic oxidation sites excluding steroid dienone is 3. The molecule has 0 heterocycles. The van der Waals surface area contributed by atoms with E-state index in [2.05, 4.69) is 33.8 Å². The van der Waals surface area contributed by atoms with Crippen molar-refractivity contribution in [3.05, 3.63) is 23.8 Å². The molecule has 0 radical (unpaired) electrons. The fourth-order valence-electron chi connectivity index (χ4n) is 9.10. The standard InChI is InChI=1S/C30H46O3/c1-19(10-9-14-26(2,3)33)20-11-16-30(8)22-18-23(31)25-27(4,5)24(32)13-15-28(25,6)21(22)12-17-29(20,30)7/h9,14,18-21,25,33H,10-13,15-17H2,1-8H3/t19-,20-,21-,25-,28+,29-,30+/m0/s1. The summed E-state index contributed by atoms with van der Waals surface area (Å²) in [6, 6.07) is 0. The molecular formula is C30H46O3. The molecule has 0 bridgehead atoms. The Hall–Kier alpha value is -1.22. The van der Waals surface area contributed by atoms with Crippen molar-refractivity contribution in [1.29, 1.82) is 0 Å². The van der Waals surface area contributed by atoms with Crippen LogP contribution in [0.5, 0.6) is 0 Å². The molecule has 0 aliphatic heterocycles. The van der Waals surface area contributed by atoms with Crippen LogP contribution in [-0.4, -0.2) is 22.3 Å². The molecule has 0 saturated heterocycles. The number of hydrogen-bond acceptors (Lipinski definition) is 3. The third-order valence-corrected chi connectivity index (χ3v) is 11.1. The van der Waals surface area contributed by atoms with E-state index in [-0.39, 0.29) is 33.7 Å². The van der Waals surface area contributed by atoms with Crippen LogP contribution in [0.3, 0.4) is 0 Å². The molecular weight excluding hydrogens is 408 g/mol. The molecule has 0 aromatic carbocycles. The predicted octanol–water partition coefficient (Wildman–Crippen LogP) is 6.69. The quantitative estimate of drug-likeness (QED) is 0.481. The van der Waals surface area contributed by atoms with E-state index in [0.717, 1.165) is 25.7 Å². The van der Waals surface area contributed by atoms with Crippen molar-refractivity contribution in [3.8, 4) is 0 Å². The molecule has 4 rings (SSSR count). The first kappa shape index (κ1) is 24.9. The zero-order valence-corrected chi connectivity index (χ0v) is 22.3. The van der Waals surface area contributed by atoms with Crippen LogP contribution in [0.4, 0.5) is 0 Å². The van der Waals surface area contributed by atoms with E-state index in [4.69, 9.17) is 0 Å². The van der Waals surface area contributed by atoms with Crippen LogP contribution in [-0.2, 0) is 9.59 Å². The number of rotatable bonds is 4. The van der Waals surface area contributed by atoms with E-state index in [1.807, 2.05) is 39.8 Å². The van der Waals surface area contributed by atoms with Crippen LogP contribution in [0.2, 0.25) is 0 Å². The molecule has 33 heavy (non-hydrogen) atoms. The lowest BCUT2D eigenvalue weighted by molar-refractivity contribution is -0.155. The Morgan fingerprint density at radius 2 is 1.76 bits per heavy atom. The number of ketones is 2. The van der Waals surface area contributed by atoms with Gasteiger partial charge in [-0.05, 0) is 92.4 Å². The van der Waals surface area contributed by atoms with Gasteiger partial charge in [0.05, 0.1) is 5.60 Å². The Morgan fingerprint density at radius 3 is 2.39 bits per heavy atom. The van der Waals surface area contributed by atoms with E-state index >= 15 is 0 Å². The smallest absolute Gasteiger partial charge is 0.160 e. The van der Waals surface area contributed by atoms with Crippen LogP contribution in [0.1, 0.15) is 100 Å². The van der Waals surface area contributed by atoms with Crippen molar-refractivity contribution in [2.75, 3.05) is 0 Å². The van der Waals surface area contributed by atoms with E-state index in [0.29, 0.717) is 24.2 Å². The fourth-order valence-corrected chi connectivity index (χ4v) is 9.10. The number of carbonyl (C=O) groups excluding carboxylic acids is 2. The van der Waals surface area contributed by atoms with Crippen LogP contribution >= 0.6 is 0 Å². The van der Waals surface area contributed by atoms with Gasteiger partial charge in [-0.15, -0.1) is 0 Å². The Labute approximate surface area is 201 Å². The Morgan fingerprint density at radius 1 is 1.09 bits per heavy atom. The lowest BCUT2D eigenvalue weighted by Gasteiger charge is -2.62. The van der Waals surface area contributed by atoms with Gasteiger partial charge in [0, 0.05) is 17.8 Å². The molecule has 7 atom stereocenters. The van der Waals surface area contributed by atoms with Gasteiger partial charge in [0.2, 0.25) is 0 Å². The van der Waals surface area contributed by atoms with Gasteiger partial charge in [-0.2, -0.15) is 0 Å². The van der Waals surface area contributed by atoms with Gasteiger partial charge in [0.15, 0.2) is 5.78 Å². The monoisotopic (exact) mass is 454 g/mol. The summed E-state index contributed by atoms with van der Waals surface area (Å²) < 4.78 is 0. The minimum Gasteiger partial charge on any atom is -0.386 e. The maximum atomic E-state index is 13.7. The largest absolute Gasteiger partial charge is 0.386 e. The molecule has 0 amide bonds. The average Bonchev–Trinajstić information content (AvgIpc) is 2.96. The van der Waals surface area contributed by atoms with Crippen molar-refractivity contribution >= 4 is 11.6 Å². The highest BCUT2D eigenvalue weighted by molar-refractivity contribution is 6.00. The highest BCUT2D eigenvalue weighted by atomic mass is 16.3. The second-order valence-corrected chi connectivity index (χ2v) is 13.8. The minimum absolute atomic E-state index is 0.0457. The van der Waals surface area contributed by atoms with E-state index < -0.39 is 11.0 Å². The van der Waals surface area contributed by atoms with Gasteiger partial charge >= 0.3 is 0 Å². The van der Waals surface area contributed by atoms with Crippen molar-refractivity contribution < 1.29 is 14.7 Å². The SMILES string of the molecule is C[C@@H](CC=CC(C)(C)O)[C@@H]1CC[C@]2(C)C3=CC(=O)[C@H]4C(C)(C)C(=O)CC[C@]4(C)[C@H]3CC[C@@]12C. The molecule has 3 heteroatoms. The van der Waals surface area contributed by atoms with Crippen LogP contribution in [0.15, 0.2) is 23.8 Å². The van der Waals surface area contributed by atoms with Gasteiger partial charge in [-0.1, -0.05) is 59.3 Å². The first-order valence-corrected chi connectivity index (χ1v) is 13.3. The van der Waals surface area contributed by atoms with Crippen molar-refractivity contribution in [1.82, 2.24) is 0 Å². The van der Waals surface area contributed by atoms with Gasteiger partial charge < -0.3 is 5.11 Å². The molecule has 0 unspecified atom stereocenters. The summed E-state index contributed by atoms with van der Waals surface area (Å²) in [6.45, 7) is 17.3. The molecule has 1 N–H and O–H groups in total. The van der Waals surface area contributed by atoms with Crippen molar-refractivity contribution in [2.45, 2.75) is 106 Å². The summed E-state index contributed by atoms with van der Waals surface area (Å²) >= 11 is 0. The number of carbonyl (C=O) groups is 2. The van der Waals surface area contributed by atoms with Crippen molar-refractivity contribution in [3.63, 3.8) is 0 Å². The number of hydrogen-bond donors (Lipinski definition) is 1. The van der Waals surface area contributed by atoms with Crippen LogP contribution in [0, 0.1) is 45.3 Å². The third-order valence-electron chi connectivity index (χ3n) is 11.1. The normalized spacial score (nSPS) is 43.7. The van der Waals surface area contributed by atoms with Gasteiger partial charge in [-0.3, -0.25) is 9.59 Å². The number of aliphatic hydroxyl groups is 1. The Balaban J connectivity index is 1.67. The highest BCUT2D eigenvalue weighted by Crippen LogP contribution is 2.72. The highest BCUT2D eigenvalue weighted by Gasteiger charge is 2.66. The molecule has 0 aromatic rings.